The minimum atomic E-state index is 0.106. The van der Waals surface area contributed by atoms with E-state index in [-0.39, 0.29) is 6.10 Å². The van der Waals surface area contributed by atoms with E-state index in [4.69, 9.17) is 9.47 Å². The van der Waals surface area contributed by atoms with Crippen molar-refractivity contribution in [2.75, 3.05) is 13.7 Å². The lowest BCUT2D eigenvalue weighted by molar-refractivity contribution is 0.0532. The lowest BCUT2D eigenvalue weighted by atomic mass is 10.1. The molecule has 116 valence electrons. The van der Waals surface area contributed by atoms with Crippen molar-refractivity contribution in [3.05, 3.63) is 78.4 Å². The Labute approximate surface area is 133 Å². The van der Waals surface area contributed by atoms with Crippen LogP contribution in [0.1, 0.15) is 30.1 Å². The van der Waals surface area contributed by atoms with Crippen LogP contribution in [0.15, 0.2) is 67.3 Å². The summed E-state index contributed by atoms with van der Waals surface area (Å²) in [5.74, 6) is 0.898. The van der Waals surface area contributed by atoms with E-state index in [2.05, 4.69) is 30.8 Å². The van der Waals surface area contributed by atoms with E-state index in [1.807, 2.05) is 36.4 Å². The van der Waals surface area contributed by atoms with E-state index in [1.165, 1.54) is 11.1 Å². The summed E-state index contributed by atoms with van der Waals surface area (Å²) in [5, 5.41) is 0. The molecule has 2 nitrogen and oxygen atoms in total. The van der Waals surface area contributed by atoms with Gasteiger partial charge >= 0.3 is 0 Å². The minimum Gasteiger partial charge on any atom is -0.497 e. The Kier molecular flexibility index (Phi) is 6.72. The normalized spacial score (nSPS) is 11.9. The molecule has 0 heterocycles. The van der Waals surface area contributed by atoms with Crippen LogP contribution in [0.2, 0.25) is 0 Å². The van der Waals surface area contributed by atoms with Crippen LogP contribution in [0.5, 0.6) is 5.75 Å². The molecular formula is C20H24O2. The van der Waals surface area contributed by atoms with Crippen molar-refractivity contribution >= 4 is 0 Å². The Hall–Kier alpha value is -2.06. The average Bonchev–Trinajstić information content (AvgIpc) is 2.59. The van der Waals surface area contributed by atoms with Crippen LogP contribution in [-0.4, -0.2) is 13.7 Å². The zero-order valence-corrected chi connectivity index (χ0v) is 13.2. The van der Waals surface area contributed by atoms with Gasteiger partial charge in [-0.3, -0.25) is 0 Å². The average molecular weight is 296 g/mol. The molecule has 0 aliphatic rings. The molecule has 0 spiro atoms. The van der Waals surface area contributed by atoms with Gasteiger partial charge in [0, 0.05) is 6.61 Å². The first-order chi connectivity index (χ1) is 10.8. The Morgan fingerprint density at radius 3 is 2.41 bits per heavy atom. The van der Waals surface area contributed by atoms with E-state index in [0.29, 0.717) is 0 Å². The highest BCUT2D eigenvalue weighted by Gasteiger charge is 2.09. The molecule has 0 saturated carbocycles. The molecule has 0 bridgehead atoms. The first-order valence-electron chi connectivity index (χ1n) is 7.74. The molecular weight excluding hydrogens is 272 g/mol. The quantitative estimate of drug-likeness (QED) is 0.481. The molecule has 0 amide bonds. The van der Waals surface area contributed by atoms with E-state index in [9.17, 15) is 0 Å². The molecule has 2 heteroatoms. The number of methoxy groups -OCH3 is 1. The third kappa shape index (κ3) is 5.05. The Morgan fingerprint density at radius 1 is 1.05 bits per heavy atom. The molecule has 1 unspecified atom stereocenters. The molecule has 2 aromatic rings. The standard InChI is InChI=1S/C20H24O2/c1-3-8-20(18-10-5-4-6-11-18)22-16-7-9-17-12-14-19(21-2)15-13-17/h3-6,10-15,20H,1,7-9,16H2,2H3. The van der Waals surface area contributed by atoms with Gasteiger partial charge in [-0.05, 0) is 42.5 Å². The lowest BCUT2D eigenvalue weighted by Crippen LogP contribution is -2.05. The first kappa shape index (κ1) is 16.3. The highest BCUT2D eigenvalue weighted by atomic mass is 16.5. The predicted octanol–water partition coefficient (Wildman–Crippen LogP) is 4.96. The van der Waals surface area contributed by atoms with Crippen molar-refractivity contribution in [1.29, 1.82) is 0 Å². The maximum absolute atomic E-state index is 6.04. The van der Waals surface area contributed by atoms with Gasteiger partial charge in [0.05, 0.1) is 13.2 Å². The lowest BCUT2D eigenvalue weighted by Gasteiger charge is -2.16. The molecule has 22 heavy (non-hydrogen) atoms. The summed E-state index contributed by atoms with van der Waals surface area (Å²) in [6.07, 6.45) is 4.88. The summed E-state index contributed by atoms with van der Waals surface area (Å²) in [5.41, 5.74) is 2.52. The van der Waals surface area contributed by atoms with Gasteiger partial charge in [0.2, 0.25) is 0 Å². The second kappa shape index (κ2) is 9.06. The number of benzene rings is 2. The van der Waals surface area contributed by atoms with E-state index >= 15 is 0 Å². The van der Waals surface area contributed by atoms with Crippen LogP contribution in [-0.2, 0) is 11.2 Å². The molecule has 0 aromatic heterocycles. The van der Waals surface area contributed by atoms with Gasteiger partial charge in [0.15, 0.2) is 0 Å². The second-order valence-electron chi connectivity index (χ2n) is 5.25. The molecule has 1 atom stereocenters. The van der Waals surface area contributed by atoms with Gasteiger partial charge < -0.3 is 9.47 Å². The van der Waals surface area contributed by atoms with Crippen molar-refractivity contribution in [2.24, 2.45) is 0 Å². The summed E-state index contributed by atoms with van der Waals surface area (Å²) in [6, 6.07) is 18.6. The van der Waals surface area contributed by atoms with Gasteiger partial charge in [0.1, 0.15) is 5.75 Å². The number of ether oxygens (including phenoxy) is 2. The molecule has 0 N–H and O–H groups in total. The zero-order chi connectivity index (χ0) is 15.6. The Morgan fingerprint density at radius 2 is 1.77 bits per heavy atom. The van der Waals surface area contributed by atoms with Gasteiger partial charge in [-0.25, -0.2) is 0 Å². The van der Waals surface area contributed by atoms with Gasteiger partial charge in [-0.15, -0.1) is 6.58 Å². The summed E-state index contributed by atoms with van der Waals surface area (Å²) in [6.45, 7) is 4.58. The molecule has 0 aliphatic carbocycles. The number of rotatable bonds is 9. The zero-order valence-electron chi connectivity index (χ0n) is 13.2. The van der Waals surface area contributed by atoms with Crippen molar-refractivity contribution < 1.29 is 9.47 Å². The molecule has 0 saturated heterocycles. The van der Waals surface area contributed by atoms with E-state index in [0.717, 1.165) is 31.6 Å². The van der Waals surface area contributed by atoms with Crippen molar-refractivity contribution in [3.8, 4) is 5.75 Å². The largest absolute Gasteiger partial charge is 0.497 e. The van der Waals surface area contributed by atoms with Crippen LogP contribution in [0, 0.1) is 0 Å². The first-order valence-corrected chi connectivity index (χ1v) is 7.74. The number of hydrogen-bond acceptors (Lipinski definition) is 2. The fraction of sp³-hybridized carbons (Fsp3) is 0.300. The summed E-state index contributed by atoms with van der Waals surface area (Å²) < 4.78 is 11.2. The van der Waals surface area contributed by atoms with Crippen molar-refractivity contribution in [2.45, 2.75) is 25.4 Å². The van der Waals surface area contributed by atoms with Gasteiger partial charge in [-0.1, -0.05) is 48.5 Å². The second-order valence-corrected chi connectivity index (χ2v) is 5.25. The maximum Gasteiger partial charge on any atom is 0.118 e. The summed E-state index contributed by atoms with van der Waals surface area (Å²) >= 11 is 0. The monoisotopic (exact) mass is 296 g/mol. The van der Waals surface area contributed by atoms with Crippen LogP contribution in [0.4, 0.5) is 0 Å². The van der Waals surface area contributed by atoms with Crippen molar-refractivity contribution in [1.82, 2.24) is 0 Å². The molecule has 2 aromatic carbocycles. The Bertz CT molecular complexity index is 546. The SMILES string of the molecule is C=CCC(OCCCc1ccc(OC)cc1)c1ccccc1. The van der Waals surface area contributed by atoms with Crippen LogP contribution >= 0.6 is 0 Å². The van der Waals surface area contributed by atoms with E-state index < -0.39 is 0 Å². The highest BCUT2D eigenvalue weighted by molar-refractivity contribution is 5.27. The molecule has 0 aliphatic heterocycles. The third-order valence-electron chi connectivity index (χ3n) is 3.64. The summed E-state index contributed by atoms with van der Waals surface area (Å²) in [7, 11) is 1.69. The van der Waals surface area contributed by atoms with Gasteiger partial charge in [0.25, 0.3) is 0 Å². The van der Waals surface area contributed by atoms with Crippen LogP contribution in [0.25, 0.3) is 0 Å². The number of aryl methyl sites for hydroxylation is 1. The summed E-state index contributed by atoms with van der Waals surface area (Å²) in [4.78, 5) is 0. The predicted molar refractivity (Wildman–Crippen MR) is 91.3 cm³/mol. The maximum atomic E-state index is 6.04. The topological polar surface area (TPSA) is 18.5 Å². The number of hydrogen-bond donors (Lipinski definition) is 0. The van der Waals surface area contributed by atoms with Crippen LogP contribution < -0.4 is 4.74 Å². The smallest absolute Gasteiger partial charge is 0.118 e. The van der Waals surface area contributed by atoms with Crippen LogP contribution in [0.3, 0.4) is 0 Å². The molecule has 0 radical (unpaired) electrons. The molecule has 0 fully saturated rings. The fourth-order valence-corrected chi connectivity index (χ4v) is 2.41. The van der Waals surface area contributed by atoms with E-state index in [1.54, 1.807) is 7.11 Å². The fourth-order valence-electron chi connectivity index (χ4n) is 2.41. The third-order valence-corrected chi connectivity index (χ3v) is 3.64. The Balaban J connectivity index is 1.79. The van der Waals surface area contributed by atoms with Crippen molar-refractivity contribution in [3.63, 3.8) is 0 Å². The van der Waals surface area contributed by atoms with Gasteiger partial charge in [-0.2, -0.15) is 0 Å². The highest BCUT2D eigenvalue weighted by Crippen LogP contribution is 2.22. The minimum absolute atomic E-state index is 0.106. The molecule has 2 rings (SSSR count).